The molecule has 4 nitrogen and oxygen atoms in total. The molecule has 3 aliphatic heterocycles. The number of benzene rings is 1. The Labute approximate surface area is 189 Å². The van der Waals surface area contributed by atoms with Crippen molar-refractivity contribution < 1.29 is 4.79 Å². The largest absolute Gasteiger partial charge is 0.335 e. The zero-order valence-corrected chi connectivity index (χ0v) is 18.9. The molecule has 0 unspecified atom stereocenters. The first-order valence-corrected chi connectivity index (χ1v) is 12.9. The summed E-state index contributed by atoms with van der Waals surface area (Å²) in [5.41, 5.74) is 3.61. The highest BCUT2D eigenvalue weighted by atomic mass is 32.1. The molecule has 4 aliphatic rings. The van der Waals surface area contributed by atoms with Gasteiger partial charge in [0, 0.05) is 30.1 Å². The lowest BCUT2D eigenvalue weighted by Gasteiger charge is -2.54. The summed E-state index contributed by atoms with van der Waals surface area (Å²) in [4.78, 5) is 23.2. The zero-order chi connectivity index (χ0) is 20.8. The van der Waals surface area contributed by atoms with Gasteiger partial charge in [-0.1, -0.05) is 48.4 Å². The second-order valence-electron chi connectivity index (χ2n) is 9.78. The number of hydrogen-bond acceptors (Lipinski definition) is 4. The third-order valence-corrected chi connectivity index (χ3v) is 8.82. The number of carbonyl (C=O) groups is 1. The first kappa shape index (κ1) is 19.7. The summed E-state index contributed by atoms with van der Waals surface area (Å²) in [6.45, 7) is 3.34. The van der Waals surface area contributed by atoms with Crippen molar-refractivity contribution in [2.24, 2.45) is 11.8 Å². The van der Waals surface area contributed by atoms with E-state index < -0.39 is 0 Å². The Morgan fingerprint density at radius 3 is 2.94 bits per heavy atom. The number of thiazole rings is 1. The van der Waals surface area contributed by atoms with E-state index in [4.69, 9.17) is 4.98 Å². The van der Waals surface area contributed by atoms with Crippen LogP contribution in [0.15, 0.2) is 47.4 Å². The van der Waals surface area contributed by atoms with Crippen LogP contribution in [0.4, 0.5) is 0 Å². The van der Waals surface area contributed by atoms with E-state index in [0.717, 1.165) is 35.3 Å². The molecule has 3 saturated heterocycles. The fraction of sp³-hybridized carbons (Fsp3) is 0.538. The Morgan fingerprint density at radius 2 is 2.03 bits per heavy atom. The minimum atomic E-state index is 0.264. The number of rotatable bonds is 3. The molecule has 3 fully saturated rings. The average molecular weight is 434 g/mol. The minimum absolute atomic E-state index is 0.264. The average Bonchev–Trinajstić information content (AvgIpc) is 3.28. The fourth-order valence-electron chi connectivity index (χ4n) is 6.61. The number of carbonyl (C=O) groups excluding carboxylic acids is 1. The van der Waals surface area contributed by atoms with Gasteiger partial charge in [-0.15, -0.1) is 11.3 Å². The summed E-state index contributed by atoms with van der Waals surface area (Å²) in [7, 11) is 0. The van der Waals surface area contributed by atoms with Gasteiger partial charge in [0.15, 0.2) is 0 Å². The maximum Gasteiger partial charge on any atom is 0.229 e. The van der Waals surface area contributed by atoms with Gasteiger partial charge >= 0.3 is 0 Å². The van der Waals surface area contributed by atoms with Crippen molar-refractivity contribution in [1.29, 1.82) is 0 Å². The highest BCUT2D eigenvalue weighted by Gasteiger charge is 2.46. The van der Waals surface area contributed by atoms with Crippen molar-refractivity contribution in [3.8, 4) is 10.6 Å². The van der Waals surface area contributed by atoms with Crippen LogP contribution in [0.3, 0.4) is 0 Å². The molecule has 1 amide bonds. The maximum atomic E-state index is 13.5. The number of nitrogens with zero attached hydrogens (tertiary/aromatic N) is 3. The van der Waals surface area contributed by atoms with Gasteiger partial charge in [-0.3, -0.25) is 9.69 Å². The van der Waals surface area contributed by atoms with Gasteiger partial charge in [0.1, 0.15) is 5.01 Å². The molecule has 162 valence electrons. The molecule has 1 aliphatic carbocycles. The maximum absolute atomic E-state index is 13.5. The quantitative estimate of drug-likeness (QED) is 0.654. The molecule has 31 heavy (non-hydrogen) atoms. The topological polar surface area (TPSA) is 36.4 Å². The predicted molar refractivity (Wildman–Crippen MR) is 125 cm³/mol. The van der Waals surface area contributed by atoms with Gasteiger partial charge in [0.25, 0.3) is 0 Å². The summed E-state index contributed by atoms with van der Waals surface area (Å²) in [6.07, 6.45) is 10.7. The summed E-state index contributed by atoms with van der Waals surface area (Å²) in [5, 5.41) is 3.07. The molecule has 0 radical (unpaired) electrons. The van der Waals surface area contributed by atoms with Crippen molar-refractivity contribution >= 4 is 17.2 Å². The summed E-state index contributed by atoms with van der Waals surface area (Å²) in [5.74, 6) is 1.59. The summed E-state index contributed by atoms with van der Waals surface area (Å²) >= 11 is 1.64. The highest BCUT2D eigenvalue weighted by molar-refractivity contribution is 7.13. The SMILES string of the molecule is O=C(Cc1csc(-c2ccccc2)n1)N1CCCC2=C[C@H]3C[C@H](CN4CCCC[C@H]34)[C@@H]21. The third kappa shape index (κ3) is 3.66. The second-order valence-corrected chi connectivity index (χ2v) is 10.6. The van der Waals surface area contributed by atoms with Crippen molar-refractivity contribution in [3.63, 3.8) is 0 Å². The number of piperidine rings is 3. The van der Waals surface area contributed by atoms with Crippen LogP contribution in [0.1, 0.15) is 44.2 Å². The van der Waals surface area contributed by atoms with Crippen LogP contribution in [0.2, 0.25) is 0 Å². The van der Waals surface area contributed by atoms with Gasteiger partial charge in [-0.05, 0) is 50.5 Å². The van der Waals surface area contributed by atoms with Crippen molar-refractivity contribution in [1.82, 2.24) is 14.8 Å². The van der Waals surface area contributed by atoms with E-state index in [1.54, 1.807) is 16.9 Å². The summed E-state index contributed by atoms with van der Waals surface area (Å²) < 4.78 is 0. The third-order valence-electron chi connectivity index (χ3n) is 7.88. The molecule has 2 aromatic rings. The van der Waals surface area contributed by atoms with E-state index in [1.807, 2.05) is 18.2 Å². The number of aromatic nitrogens is 1. The van der Waals surface area contributed by atoms with E-state index in [2.05, 4.69) is 33.4 Å². The first-order valence-electron chi connectivity index (χ1n) is 12.0. The van der Waals surface area contributed by atoms with Crippen molar-refractivity contribution in [2.75, 3.05) is 19.6 Å². The van der Waals surface area contributed by atoms with Crippen LogP contribution in [0, 0.1) is 11.8 Å². The predicted octanol–water partition coefficient (Wildman–Crippen LogP) is 4.77. The second kappa shape index (κ2) is 8.18. The molecular weight excluding hydrogens is 402 g/mol. The van der Waals surface area contributed by atoms with Crippen LogP contribution >= 0.6 is 11.3 Å². The van der Waals surface area contributed by atoms with E-state index in [1.165, 1.54) is 45.2 Å². The number of likely N-dealkylation sites (tertiary alicyclic amines) is 1. The molecule has 0 spiro atoms. The standard InChI is InChI=1S/C26H31N3OS/c30-24(15-22-17-31-26(27-22)18-7-2-1-3-8-18)29-12-6-9-19-13-20-14-21(25(19)29)16-28-11-5-4-10-23(20)28/h1-3,7-8,13,17,20-21,23,25H,4-6,9-12,14-16H2/t20-,21+,23+,25+/m0/s1. The Bertz CT molecular complexity index is 984. The van der Waals surface area contributed by atoms with E-state index in [9.17, 15) is 4.79 Å². The number of amides is 1. The Balaban J connectivity index is 1.21. The highest BCUT2D eigenvalue weighted by Crippen LogP contribution is 2.45. The normalized spacial score (nSPS) is 30.3. The molecule has 6 rings (SSSR count). The first-order chi connectivity index (χ1) is 15.3. The molecule has 4 atom stereocenters. The molecular formula is C26H31N3OS. The molecule has 1 aromatic carbocycles. The lowest BCUT2D eigenvalue weighted by Crippen LogP contribution is -2.60. The minimum Gasteiger partial charge on any atom is -0.335 e. The van der Waals surface area contributed by atoms with Crippen LogP contribution in [0.25, 0.3) is 10.6 Å². The summed E-state index contributed by atoms with van der Waals surface area (Å²) in [6, 6.07) is 11.4. The molecule has 0 N–H and O–H groups in total. The fourth-order valence-corrected chi connectivity index (χ4v) is 7.44. The lowest BCUT2D eigenvalue weighted by molar-refractivity contribution is -0.135. The van der Waals surface area contributed by atoms with E-state index in [0.29, 0.717) is 24.3 Å². The zero-order valence-electron chi connectivity index (χ0n) is 18.1. The van der Waals surface area contributed by atoms with Crippen molar-refractivity contribution in [2.45, 2.75) is 57.0 Å². The Hall–Kier alpha value is -1.98. The van der Waals surface area contributed by atoms with Gasteiger partial charge in [0.05, 0.1) is 18.2 Å². The van der Waals surface area contributed by atoms with Crippen LogP contribution in [-0.4, -0.2) is 52.4 Å². The molecule has 2 bridgehead atoms. The van der Waals surface area contributed by atoms with Crippen LogP contribution in [-0.2, 0) is 11.2 Å². The lowest BCUT2D eigenvalue weighted by atomic mass is 9.68. The molecule has 4 heterocycles. The Morgan fingerprint density at radius 1 is 1.13 bits per heavy atom. The van der Waals surface area contributed by atoms with Gasteiger partial charge < -0.3 is 4.90 Å². The van der Waals surface area contributed by atoms with Crippen LogP contribution < -0.4 is 0 Å². The van der Waals surface area contributed by atoms with Crippen molar-refractivity contribution in [3.05, 3.63) is 53.1 Å². The smallest absolute Gasteiger partial charge is 0.229 e. The molecule has 0 saturated carbocycles. The van der Waals surface area contributed by atoms with Gasteiger partial charge in [0.2, 0.25) is 5.91 Å². The molecule has 5 heteroatoms. The van der Waals surface area contributed by atoms with E-state index in [-0.39, 0.29) is 5.91 Å². The van der Waals surface area contributed by atoms with Crippen LogP contribution in [0.5, 0.6) is 0 Å². The number of fused-ring (bicyclic) bond motifs is 6. The Kier molecular flexibility index (Phi) is 5.19. The monoisotopic (exact) mass is 433 g/mol. The number of hydrogen-bond donors (Lipinski definition) is 0. The van der Waals surface area contributed by atoms with Gasteiger partial charge in [-0.2, -0.15) is 0 Å². The van der Waals surface area contributed by atoms with E-state index >= 15 is 0 Å². The molecule has 1 aromatic heterocycles. The van der Waals surface area contributed by atoms with Gasteiger partial charge in [-0.25, -0.2) is 4.98 Å².